The van der Waals surface area contributed by atoms with Crippen molar-refractivity contribution < 1.29 is 14.3 Å². The number of nitrogens with zero attached hydrogens (tertiary/aromatic N) is 1. The molecule has 108 valence electrons. The highest BCUT2D eigenvalue weighted by Gasteiger charge is 2.29. The van der Waals surface area contributed by atoms with Crippen molar-refractivity contribution in [3.05, 3.63) is 24.3 Å². The molecule has 1 saturated heterocycles. The number of ether oxygens (including phenoxy) is 2. The lowest BCUT2D eigenvalue weighted by Gasteiger charge is -2.34. The monoisotopic (exact) mass is 276 g/mol. The number of hydrogen-bond acceptors (Lipinski definition) is 4. The smallest absolute Gasteiger partial charge is 0.228 e. The number of nitrogens with one attached hydrogen (secondary N) is 1. The van der Waals surface area contributed by atoms with Gasteiger partial charge < -0.3 is 19.7 Å². The van der Waals surface area contributed by atoms with Crippen LogP contribution in [0.25, 0.3) is 0 Å². The van der Waals surface area contributed by atoms with Gasteiger partial charge in [0.2, 0.25) is 5.91 Å². The zero-order valence-corrected chi connectivity index (χ0v) is 11.7. The zero-order valence-electron chi connectivity index (χ0n) is 11.7. The average molecular weight is 276 g/mol. The molecule has 0 aromatic heterocycles. The van der Waals surface area contributed by atoms with E-state index in [1.54, 1.807) is 0 Å². The third kappa shape index (κ3) is 2.78. The first-order valence-corrected chi connectivity index (χ1v) is 7.11. The zero-order chi connectivity index (χ0) is 13.9. The number of rotatable bonds is 2. The van der Waals surface area contributed by atoms with E-state index in [1.165, 1.54) is 0 Å². The van der Waals surface area contributed by atoms with Gasteiger partial charge in [0.25, 0.3) is 0 Å². The van der Waals surface area contributed by atoms with Crippen molar-refractivity contribution in [2.45, 2.75) is 25.5 Å². The Morgan fingerprint density at radius 2 is 2.30 bits per heavy atom. The van der Waals surface area contributed by atoms with Gasteiger partial charge >= 0.3 is 0 Å². The topological polar surface area (TPSA) is 50.8 Å². The first-order valence-electron chi connectivity index (χ1n) is 7.11. The fraction of sp³-hybridized carbons (Fsp3) is 0.533. The molecule has 1 fully saturated rings. The van der Waals surface area contributed by atoms with Gasteiger partial charge in [0, 0.05) is 19.0 Å². The second-order valence-corrected chi connectivity index (χ2v) is 5.33. The van der Waals surface area contributed by atoms with Crippen LogP contribution in [0.15, 0.2) is 24.3 Å². The Labute approximate surface area is 118 Å². The van der Waals surface area contributed by atoms with Crippen molar-refractivity contribution in [3.8, 4) is 5.75 Å². The Hall–Kier alpha value is -1.59. The largest absolute Gasteiger partial charge is 0.487 e. The van der Waals surface area contributed by atoms with Crippen molar-refractivity contribution in [1.82, 2.24) is 5.32 Å². The molecule has 5 heteroatoms. The number of fused-ring (bicyclic) bond motifs is 1. The maximum absolute atomic E-state index is 12.5. The molecule has 0 bridgehead atoms. The van der Waals surface area contributed by atoms with Gasteiger partial charge in [-0.3, -0.25) is 4.79 Å². The van der Waals surface area contributed by atoms with E-state index < -0.39 is 0 Å². The van der Waals surface area contributed by atoms with Gasteiger partial charge in [-0.2, -0.15) is 0 Å². The summed E-state index contributed by atoms with van der Waals surface area (Å²) in [5.74, 6) is 0.906. The molecular formula is C15H20N2O3. The Morgan fingerprint density at radius 3 is 3.10 bits per heavy atom. The molecule has 3 rings (SSSR count). The molecule has 2 aliphatic heterocycles. The predicted octanol–water partition coefficient (Wildman–Crippen LogP) is 1.18. The first kappa shape index (κ1) is 13.4. The van der Waals surface area contributed by atoms with Crippen LogP contribution >= 0.6 is 0 Å². The fourth-order valence-corrected chi connectivity index (χ4v) is 2.70. The average Bonchev–Trinajstić information content (AvgIpc) is 2.47. The molecule has 2 unspecified atom stereocenters. The second-order valence-electron chi connectivity index (χ2n) is 5.33. The molecule has 0 spiro atoms. The number of morpholine rings is 1. The predicted molar refractivity (Wildman–Crippen MR) is 76.1 cm³/mol. The van der Waals surface area contributed by atoms with Gasteiger partial charge in [0.05, 0.1) is 25.4 Å². The van der Waals surface area contributed by atoms with E-state index in [1.807, 2.05) is 36.1 Å². The van der Waals surface area contributed by atoms with Gasteiger partial charge in [-0.1, -0.05) is 12.1 Å². The molecule has 1 aromatic rings. The summed E-state index contributed by atoms with van der Waals surface area (Å²) in [7, 11) is 0. The van der Waals surface area contributed by atoms with Crippen LogP contribution in [-0.2, 0) is 9.53 Å². The third-order valence-corrected chi connectivity index (χ3v) is 3.64. The number of anilines is 1. The lowest BCUT2D eigenvalue weighted by atomic mass is 10.1. The Kier molecular flexibility index (Phi) is 3.89. The van der Waals surface area contributed by atoms with E-state index in [9.17, 15) is 4.79 Å². The molecule has 1 amide bonds. The van der Waals surface area contributed by atoms with Crippen LogP contribution in [0.4, 0.5) is 5.69 Å². The summed E-state index contributed by atoms with van der Waals surface area (Å²) in [5, 5.41) is 3.32. The molecule has 1 aromatic carbocycles. The van der Waals surface area contributed by atoms with E-state index in [0.717, 1.165) is 24.6 Å². The summed E-state index contributed by atoms with van der Waals surface area (Å²) >= 11 is 0. The lowest BCUT2D eigenvalue weighted by Crippen LogP contribution is -2.48. The SMILES string of the molecule is CC1CN(C(=O)CC2COCCN2)c2ccccc2O1. The van der Waals surface area contributed by atoms with Crippen molar-refractivity contribution in [2.75, 3.05) is 31.2 Å². The highest BCUT2D eigenvalue weighted by atomic mass is 16.5. The minimum Gasteiger partial charge on any atom is -0.487 e. The van der Waals surface area contributed by atoms with E-state index in [0.29, 0.717) is 19.6 Å². The highest BCUT2D eigenvalue weighted by Crippen LogP contribution is 2.33. The summed E-state index contributed by atoms with van der Waals surface area (Å²) in [6.45, 7) is 4.73. The number of amides is 1. The van der Waals surface area contributed by atoms with Crippen LogP contribution in [0, 0.1) is 0 Å². The fourth-order valence-electron chi connectivity index (χ4n) is 2.70. The van der Waals surface area contributed by atoms with E-state index in [4.69, 9.17) is 9.47 Å². The molecule has 0 radical (unpaired) electrons. The maximum Gasteiger partial charge on any atom is 0.228 e. The number of para-hydroxylation sites is 2. The summed E-state index contributed by atoms with van der Waals surface area (Å²) in [6.07, 6.45) is 0.477. The summed E-state index contributed by atoms with van der Waals surface area (Å²) in [5.41, 5.74) is 0.868. The number of benzene rings is 1. The Bertz CT molecular complexity index is 486. The van der Waals surface area contributed by atoms with Crippen LogP contribution < -0.4 is 15.0 Å². The van der Waals surface area contributed by atoms with E-state index in [-0.39, 0.29) is 18.1 Å². The van der Waals surface area contributed by atoms with Gasteiger partial charge in [0.1, 0.15) is 11.9 Å². The van der Waals surface area contributed by atoms with Crippen LogP contribution in [0.1, 0.15) is 13.3 Å². The van der Waals surface area contributed by atoms with E-state index >= 15 is 0 Å². The minimum absolute atomic E-state index is 0.0180. The second kappa shape index (κ2) is 5.81. The van der Waals surface area contributed by atoms with Gasteiger partial charge in [-0.25, -0.2) is 0 Å². The number of carbonyl (C=O) groups is 1. The van der Waals surface area contributed by atoms with Gasteiger partial charge in [-0.15, -0.1) is 0 Å². The van der Waals surface area contributed by atoms with Crippen molar-refractivity contribution >= 4 is 11.6 Å². The lowest BCUT2D eigenvalue weighted by molar-refractivity contribution is -0.120. The molecule has 1 N–H and O–H groups in total. The molecule has 5 nitrogen and oxygen atoms in total. The molecule has 2 aliphatic rings. The summed E-state index contributed by atoms with van der Waals surface area (Å²) in [4.78, 5) is 14.4. The quantitative estimate of drug-likeness (QED) is 0.881. The van der Waals surface area contributed by atoms with Gasteiger partial charge in [0.15, 0.2) is 0 Å². The van der Waals surface area contributed by atoms with Crippen LogP contribution in [0.5, 0.6) is 5.75 Å². The molecule has 0 saturated carbocycles. The van der Waals surface area contributed by atoms with Crippen LogP contribution in [0.2, 0.25) is 0 Å². The highest BCUT2D eigenvalue weighted by molar-refractivity contribution is 5.95. The first-order chi connectivity index (χ1) is 9.74. The third-order valence-electron chi connectivity index (χ3n) is 3.64. The van der Waals surface area contributed by atoms with Crippen molar-refractivity contribution in [3.63, 3.8) is 0 Å². The van der Waals surface area contributed by atoms with Crippen molar-refractivity contribution in [2.24, 2.45) is 0 Å². The van der Waals surface area contributed by atoms with E-state index in [2.05, 4.69) is 5.32 Å². The Balaban J connectivity index is 1.74. The number of hydrogen-bond donors (Lipinski definition) is 1. The maximum atomic E-state index is 12.5. The molecule has 2 heterocycles. The molecule has 0 aliphatic carbocycles. The summed E-state index contributed by atoms with van der Waals surface area (Å²) in [6, 6.07) is 7.81. The molecular weight excluding hydrogens is 256 g/mol. The standard InChI is InChI=1S/C15H20N2O3/c1-11-9-17(13-4-2-3-5-14(13)20-11)15(18)8-12-10-19-7-6-16-12/h2-5,11-12,16H,6-10H2,1H3. The Morgan fingerprint density at radius 1 is 1.45 bits per heavy atom. The molecule has 2 atom stereocenters. The summed E-state index contributed by atoms with van der Waals surface area (Å²) < 4.78 is 11.2. The molecule has 20 heavy (non-hydrogen) atoms. The van der Waals surface area contributed by atoms with Crippen LogP contribution in [0.3, 0.4) is 0 Å². The van der Waals surface area contributed by atoms with Gasteiger partial charge in [-0.05, 0) is 19.1 Å². The normalized spacial score (nSPS) is 25.8. The number of carbonyl (C=O) groups excluding carboxylic acids is 1. The van der Waals surface area contributed by atoms with Crippen LogP contribution in [-0.4, -0.2) is 44.4 Å². The van der Waals surface area contributed by atoms with Crippen molar-refractivity contribution in [1.29, 1.82) is 0 Å². The minimum atomic E-state index is 0.0180.